The Labute approximate surface area is 178 Å². The Morgan fingerprint density at radius 1 is 1.27 bits per heavy atom. The van der Waals surface area contributed by atoms with E-state index in [0.717, 1.165) is 24.4 Å². The zero-order valence-electron chi connectivity index (χ0n) is 16.9. The summed E-state index contributed by atoms with van der Waals surface area (Å²) in [5.41, 5.74) is 0.463. The summed E-state index contributed by atoms with van der Waals surface area (Å²) < 4.78 is 18.3. The van der Waals surface area contributed by atoms with Crippen LogP contribution in [-0.2, 0) is 16.1 Å². The molecule has 1 fully saturated rings. The number of nitrogens with zero attached hydrogens (tertiary/aromatic N) is 3. The van der Waals surface area contributed by atoms with Crippen molar-refractivity contribution in [1.29, 1.82) is 0 Å². The molecule has 2 N–H and O–H groups in total. The molecule has 2 amide bonds. The van der Waals surface area contributed by atoms with Crippen molar-refractivity contribution in [2.24, 2.45) is 0 Å². The lowest BCUT2D eigenvalue weighted by Gasteiger charge is -2.33. The van der Waals surface area contributed by atoms with Gasteiger partial charge in [-0.1, -0.05) is 17.8 Å². The van der Waals surface area contributed by atoms with Gasteiger partial charge in [-0.2, -0.15) is 0 Å². The predicted octanol–water partition coefficient (Wildman–Crippen LogP) is 2.44. The summed E-state index contributed by atoms with van der Waals surface area (Å²) >= 11 is 1.08. The quantitative estimate of drug-likeness (QED) is 0.628. The Balaban J connectivity index is 1.34. The van der Waals surface area contributed by atoms with Gasteiger partial charge in [-0.3, -0.25) is 14.5 Å². The first-order valence-electron chi connectivity index (χ1n) is 9.99. The molecule has 8 nitrogen and oxygen atoms in total. The minimum atomic E-state index is -0.435. The number of hydrogen-bond donors (Lipinski definition) is 2. The van der Waals surface area contributed by atoms with Gasteiger partial charge in [0.2, 0.25) is 10.9 Å². The number of carbonyl (C=O) groups excluding carboxylic acids is 2. The molecule has 1 aromatic heterocycles. The number of piperidine rings is 1. The van der Waals surface area contributed by atoms with Crippen molar-refractivity contribution in [3.05, 3.63) is 40.1 Å². The molecule has 162 valence electrons. The molecular formula is C20H26FN5O3S. The van der Waals surface area contributed by atoms with E-state index in [0.29, 0.717) is 23.3 Å². The van der Waals surface area contributed by atoms with Crippen LogP contribution in [-0.4, -0.2) is 59.2 Å². The van der Waals surface area contributed by atoms with Gasteiger partial charge >= 0.3 is 0 Å². The van der Waals surface area contributed by atoms with Gasteiger partial charge in [0.05, 0.1) is 0 Å². The lowest BCUT2D eigenvalue weighted by Crippen LogP contribution is -2.43. The van der Waals surface area contributed by atoms with E-state index >= 15 is 0 Å². The molecule has 1 unspecified atom stereocenters. The maximum atomic E-state index is 12.9. The van der Waals surface area contributed by atoms with Crippen LogP contribution in [0.3, 0.4) is 0 Å². The number of hydrogen-bond acceptors (Lipinski definition) is 7. The maximum absolute atomic E-state index is 12.9. The molecule has 2 aromatic rings. The number of likely N-dealkylation sites (tertiary alicyclic amines) is 1. The van der Waals surface area contributed by atoms with Crippen LogP contribution >= 0.6 is 11.3 Å². The lowest BCUT2D eigenvalue weighted by atomic mass is 10.0. The first kappa shape index (κ1) is 22.3. The third kappa shape index (κ3) is 6.82. The zero-order chi connectivity index (χ0) is 21.3. The van der Waals surface area contributed by atoms with Crippen molar-refractivity contribution in [3.8, 4) is 0 Å². The van der Waals surface area contributed by atoms with E-state index in [-0.39, 0.29) is 29.9 Å². The molecule has 30 heavy (non-hydrogen) atoms. The summed E-state index contributed by atoms with van der Waals surface area (Å²) in [5, 5.41) is 13.9. The largest absolute Gasteiger partial charge is 0.364 e. The van der Waals surface area contributed by atoms with E-state index in [9.17, 15) is 14.0 Å². The number of nitrogens with one attached hydrogen (secondary N) is 2. The van der Waals surface area contributed by atoms with E-state index in [1.165, 1.54) is 43.5 Å². The summed E-state index contributed by atoms with van der Waals surface area (Å²) in [6.45, 7) is 4.77. The zero-order valence-corrected chi connectivity index (χ0v) is 17.7. The van der Waals surface area contributed by atoms with Crippen LogP contribution in [0.4, 0.5) is 10.1 Å². The molecule has 0 spiro atoms. The summed E-state index contributed by atoms with van der Waals surface area (Å²) in [6, 6.07) is 6.00. The second-order valence-corrected chi connectivity index (χ2v) is 8.25. The molecule has 3 rings (SSSR count). The van der Waals surface area contributed by atoms with Gasteiger partial charge < -0.3 is 15.4 Å². The fraction of sp³-hybridized carbons (Fsp3) is 0.500. The lowest BCUT2D eigenvalue weighted by molar-refractivity contribution is -0.126. The summed E-state index contributed by atoms with van der Waals surface area (Å²) in [5.74, 6) is -0.998. The molecule has 1 aliphatic heterocycles. The van der Waals surface area contributed by atoms with Crippen LogP contribution in [0.15, 0.2) is 24.3 Å². The van der Waals surface area contributed by atoms with Crippen LogP contribution in [0, 0.1) is 5.82 Å². The Kier molecular flexibility index (Phi) is 8.23. The van der Waals surface area contributed by atoms with Crippen LogP contribution in [0.25, 0.3) is 0 Å². The molecule has 1 aliphatic rings. The van der Waals surface area contributed by atoms with Gasteiger partial charge in [-0.05, 0) is 50.6 Å². The van der Waals surface area contributed by atoms with E-state index in [1.807, 2.05) is 0 Å². The number of rotatable bonds is 9. The van der Waals surface area contributed by atoms with Crippen molar-refractivity contribution in [1.82, 2.24) is 20.4 Å². The number of halogens is 1. The average Bonchev–Trinajstić information content (AvgIpc) is 3.20. The van der Waals surface area contributed by atoms with Crippen molar-refractivity contribution in [2.45, 2.75) is 38.8 Å². The highest BCUT2D eigenvalue weighted by Gasteiger charge is 2.18. The van der Waals surface area contributed by atoms with Crippen LogP contribution in [0.1, 0.15) is 41.0 Å². The van der Waals surface area contributed by atoms with E-state index in [4.69, 9.17) is 4.74 Å². The molecule has 1 aromatic carbocycles. The molecule has 10 heteroatoms. The highest BCUT2D eigenvalue weighted by Crippen LogP contribution is 2.16. The van der Waals surface area contributed by atoms with Gasteiger partial charge in [0, 0.05) is 24.8 Å². The molecule has 0 radical (unpaired) electrons. The monoisotopic (exact) mass is 435 g/mol. The molecule has 0 aliphatic carbocycles. The minimum absolute atomic E-state index is 0.0771. The molecule has 1 atom stereocenters. The first-order chi connectivity index (χ1) is 14.5. The summed E-state index contributed by atoms with van der Waals surface area (Å²) in [6.07, 6.45) is 3.70. The van der Waals surface area contributed by atoms with Crippen LogP contribution in [0.2, 0.25) is 0 Å². The molecule has 0 bridgehead atoms. The molecule has 0 saturated carbocycles. The Morgan fingerprint density at radius 2 is 2.07 bits per heavy atom. The second-order valence-electron chi connectivity index (χ2n) is 7.19. The third-order valence-electron chi connectivity index (χ3n) is 4.88. The van der Waals surface area contributed by atoms with Gasteiger partial charge in [0.1, 0.15) is 24.0 Å². The van der Waals surface area contributed by atoms with E-state index in [1.54, 1.807) is 0 Å². The van der Waals surface area contributed by atoms with Gasteiger partial charge in [-0.15, -0.1) is 10.2 Å². The highest BCUT2D eigenvalue weighted by atomic mass is 32.1. The molecule has 1 saturated heterocycles. The van der Waals surface area contributed by atoms with Crippen molar-refractivity contribution in [3.63, 3.8) is 0 Å². The minimum Gasteiger partial charge on any atom is -0.364 e. The summed E-state index contributed by atoms with van der Waals surface area (Å²) in [4.78, 5) is 26.5. The van der Waals surface area contributed by atoms with Crippen LogP contribution < -0.4 is 10.6 Å². The fourth-order valence-corrected chi connectivity index (χ4v) is 3.90. The topological polar surface area (TPSA) is 96.5 Å². The average molecular weight is 436 g/mol. The number of carbonyl (C=O) groups is 2. The standard InChI is InChI=1S/C20H26FN5O3S/c1-14-4-2-3-10-26(14)11-9-22-17(27)12-29-13-18-24-25-20(30-18)19(28)23-16-7-5-15(21)6-8-16/h5-8,14H,2-4,9-13H2,1H3,(H,22,27)(H,23,28). The van der Waals surface area contributed by atoms with Gasteiger partial charge in [0.15, 0.2) is 0 Å². The van der Waals surface area contributed by atoms with E-state index < -0.39 is 5.91 Å². The Morgan fingerprint density at radius 3 is 2.83 bits per heavy atom. The van der Waals surface area contributed by atoms with Gasteiger partial charge in [-0.25, -0.2) is 4.39 Å². The number of amides is 2. The number of ether oxygens (including phenoxy) is 1. The SMILES string of the molecule is CC1CCCCN1CCNC(=O)COCc1nnc(C(=O)Nc2ccc(F)cc2)s1. The normalized spacial score (nSPS) is 16.9. The Bertz CT molecular complexity index is 845. The van der Waals surface area contributed by atoms with Crippen molar-refractivity contribution >= 4 is 28.8 Å². The van der Waals surface area contributed by atoms with Crippen molar-refractivity contribution < 1.29 is 18.7 Å². The Hall–Kier alpha value is -2.43. The molecular weight excluding hydrogens is 409 g/mol. The van der Waals surface area contributed by atoms with Crippen LogP contribution in [0.5, 0.6) is 0 Å². The van der Waals surface area contributed by atoms with E-state index in [2.05, 4.69) is 32.7 Å². The highest BCUT2D eigenvalue weighted by molar-refractivity contribution is 7.13. The fourth-order valence-electron chi connectivity index (χ4n) is 3.23. The summed E-state index contributed by atoms with van der Waals surface area (Å²) in [7, 11) is 0. The number of anilines is 1. The smallest absolute Gasteiger partial charge is 0.286 e. The number of aromatic nitrogens is 2. The first-order valence-corrected chi connectivity index (χ1v) is 10.8. The predicted molar refractivity (Wildman–Crippen MR) is 112 cm³/mol. The second kappa shape index (κ2) is 11.1. The molecule has 2 heterocycles. The number of benzene rings is 1. The maximum Gasteiger partial charge on any atom is 0.286 e. The van der Waals surface area contributed by atoms with Gasteiger partial charge in [0.25, 0.3) is 5.91 Å². The van der Waals surface area contributed by atoms with Crippen molar-refractivity contribution in [2.75, 3.05) is 31.6 Å². The third-order valence-corrected chi connectivity index (χ3v) is 5.78.